The van der Waals surface area contributed by atoms with Crippen molar-refractivity contribution in [3.8, 4) is 0 Å². The van der Waals surface area contributed by atoms with E-state index in [1.54, 1.807) is 0 Å². The third-order valence-electron chi connectivity index (χ3n) is 3.07. The van der Waals surface area contributed by atoms with Crippen molar-refractivity contribution >= 4 is 17.3 Å². The first-order chi connectivity index (χ1) is 7.22. The van der Waals surface area contributed by atoms with Crippen molar-refractivity contribution < 1.29 is 0 Å². The fourth-order valence-electron chi connectivity index (χ4n) is 1.84. The number of hydrogen-bond donors (Lipinski definition) is 0. The van der Waals surface area contributed by atoms with E-state index in [9.17, 15) is 0 Å². The molecule has 0 spiro atoms. The molecule has 1 aliphatic heterocycles. The van der Waals surface area contributed by atoms with E-state index in [0.717, 1.165) is 30.8 Å². The van der Waals surface area contributed by atoms with Crippen molar-refractivity contribution in [2.75, 3.05) is 13.6 Å². The minimum Gasteiger partial charge on any atom is -0.299 e. The van der Waals surface area contributed by atoms with Gasteiger partial charge in [-0.15, -0.1) is 0 Å². The fourth-order valence-corrected chi connectivity index (χ4v) is 2.50. The molecule has 1 unspecified atom stereocenters. The summed E-state index contributed by atoms with van der Waals surface area (Å²) >= 11 is 1.33. The van der Waals surface area contributed by atoms with Gasteiger partial charge >= 0.3 is 0 Å². The van der Waals surface area contributed by atoms with Crippen LogP contribution in [0.3, 0.4) is 0 Å². The molecule has 4 heteroatoms. The minimum absolute atomic E-state index is 0.644. The van der Waals surface area contributed by atoms with Crippen LogP contribution < -0.4 is 0 Å². The summed E-state index contributed by atoms with van der Waals surface area (Å²) in [5.74, 6) is 0. The highest BCUT2D eigenvalue weighted by Crippen LogP contribution is 2.24. The second kappa shape index (κ2) is 4.41. The molecule has 0 aliphatic carbocycles. The van der Waals surface area contributed by atoms with Crippen LogP contribution >= 0.6 is 11.7 Å². The minimum atomic E-state index is 0.644. The maximum absolute atomic E-state index is 4.41. The predicted molar refractivity (Wildman–Crippen MR) is 64.0 cm³/mol. The molecule has 82 valence electrons. The third-order valence-corrected chi connectivity index (χ3v) is 3.64. The van der Waals surface area contributed by atoms with Crippen LogP contribution in [0, 0.1) is 0 Å². The maximum Gasteiger partial charge on any atom is 0.104 e. The quantitative estimate of drug-likeness (QED) is 0.769. The van der Waals surface area contributed by atoms with Gasteiger partial charge in [-0.2, -0.15) is 8.75 Å². The molecule has 0 fully saturated rings. The van der Waals surface area contributed by atoms with E-state index in [1.165, 1.54) is 17.3 Å². The Balaban J connectivity index is 2.25. The van der Waals surface area contributed by atoms with E-state index < -0.39 is 0 Å². The predicted octanol–water partition coefficient (Wildman–Crippen LogP) is 2.21. The van der Waals surface area contributed by atoms with Crippen molar-refractivity contribution in [3.05, 3.63) is 17.5 Å². The molecule has 0 N–H and O–H groups in total. The molecule has 0 aromatic carbocycles. The van der Waals surface area contributed by atoms with E-state index in [4.69, 9.17) is 0 Å². The fraction of sp³-hybridized carbons (Fsp3) is 0.636. The Morgan fingerprint density at radius 3 is 3.00 bits per heavy atom. The lowest BCUT2D eigenvalue weighted by Crippen LogP contribution is -2.33. The molecule has 1 aromatic heterocycles. The number of aryl methyl sites for hydroxylation is 1. The first-order valence-electron chi connectivity index (χ1n) is 5.43. The molecule has 1 atom stereocenters. The third kappa shape index (κ3) is 2.11. The lowest BCUT2D eigenvalue weighted by atomic mass is 10.0. The molecule has 2 heterocycles. The Morgan fingerprint density at radius 2 is 2.33 bits per heavy atom. The Bertz CT molecular complexity index is 370. The number of rotatable bonds is 2. The molecule has 2 rings (SSSR count). The van der Waals surface area contributed by atoms with Crippen molar-refractivity contribution in [3.63, 3.8) is 0 Å². The van der Waals surface area contributed by atoms with Gasteiger partial charge in [0, 0.05) is 12.6 Å². The van der Waals surface area contributed by atoms with Gasteiger partial charge in [-0.1, -0.05) is 13.0 Å². The van der Waals surface area contributed by atoms with E-state index in [1.807, 2.05) is 0 Å². The molecule has 0 saturated heterocycles. The molecule has 15 heavy (non-hydrogen) atoms. The summed E-state index contributed by atoms with van der Waals surface area (Å²) < 4.78 is 8.73. The van der Waals surface area contributed by atoms with Crippen LogP contribution in [0.4, 0.5) is 0 Å². The van der Waals surface area contributed by atoms with Gasteiger partial charge in [-0.3, -0.25) is 4.90 Å². The Morgan fingerprint density at radius 1 is 1.53 bits per heavy atom. The van der Waals surface area contributed by atoms with Crippen LogP contribution in [0.15, 0.2) is 6.08 Å². The average Bonchev–Trinajstić information content (AvgIpc) is 2.70. The van der Waals surface area contributed by atoms with Gasteiger partial charge < -0.3 is 0 Å². The summed E-state index contributed by atoms with van der Waals surface area (Å²) in [7, 11) is 2.17. The summed E-state index contributed by atoms with van der Waals surface area (Å²) in [6, 6.07) is 0.644. The molecular weight excluding hydrogens is 206 g/mol. The standard InChI is InChI=1S/C11H17N3S/c1-4-10-11(13-15-12-10)9-6-5-8(2)14(3)7-9/h6,8H,4-5,7H2,1-3H3. The van der Waals surface area contributed by atoms with Crippen LogP contribution in [0.5, 0.6) is 0 Å². The van der Waals surface area contributed by atoms with Gasteiger partial charge in [0.25, 0.3) is 0 Å². The Hall–Kier alpha value is -0.740. The smallest absolute Gasteiger partial charge is 0.104 e. The average molecular weight is 223 g/mol. The zero-order valence-electron chi connectivity index (χ0n) is 9.53. The van der Waals surface area contributed by atoms with Gasteiger partial charge in [0.05, 0.1) is 17.4 Å². The molecule has 0 bridgehead atoms. The first-order valence-corrected chi connectivity index (χ1v) is 6.16. The van der Waals surface area contributed by atoms with Crippen molar-refractivity contribution in [1.82, 2.24) is 13.6 Å². The first kappa shape index (κ1) is 10.8. The number of hydrogen-bond acceptors (Lipinski definition) is 4. The number of likely N-dealkylation sites (N-methyl/N-ethyl adjacent to an activating group) is 1. The van der Waals surface area contributed by atoms with Gasteiger partial charge in [-0.05, 0) is 32.4 Å². The second-order valence-corrected chi connectivity index (χ2v) is 4.67. The van der Waals surface area contributed by atoms with Crippen LogP contribution in [0.1, 0.15) is 31.7 Å². The summed E-state index contributed by atoms with van der Waals surface area (Å²) in [5.41, 5.74) is 3.62. The highest BCUT2D eigenvalue weighted by atomic mass is 32.1. The lowest BCUT2D eigenvalue weighted by molar-refractivity contribution is 0.280. The van der Waals surface area contributed by atoms with Crippen molar-refractivity contribution in [2.24, 2.45) is 0 Å². The van der Waals surface area contributed by atoms with E-state index >= 15 is 0 Å². The van der Waals surface area contributed by atoms with Gasteiger partial charge in [-0.25, -0.2) is 0 Å². The van der Waals surface area contributed by atoms with Crippen LogP contribution in [0.2, 0.25) is 0 Å². The van der Waals surface area contributed by atoms with Crippen LogP contribution in [-0.2, 0) is 6.42 Å². The molecule has 0 radical (unpaired) electrons. The zero-order chi connectivity index (χ0) is 10.8. The normalized spacial score (nSPS) is 22.9. The van der Waals surface area contributed by atoms with E-state index in [-0.39, 0.29) is 0 Å². The molecule has 1 aromatic rings. The second-order valence-electron chi connectivity index (χ2n) is 4.14. The van der Waals surface area contributed by atoms with Crippen LogP contribution in [-0.4, -0.2) is 33.3 Å². The SMILES string of the molecule is CCc1nsnc1C1=CCC(C)N(C)C1. The molecule has 1 aliphatic rings. The number of aromatic nitrogens is 2. The highest BCUT2D eigenvalue weighted by molar-refractivity contribution is 6.99. The van der Waals surface area contributed by atoms with Gasteiger partial charge in [0.2, 0.25) is 0 Å². The highest BCUT2D eigenvalue weighted by Gasteiger charge is 2.20. The van der Waals surface area contributed by atoms with Crippen molar-refractivity contribution in [1.29, 1.82) is 0 Å². The summed E-state index contributed by atoms with van der Waals surface area (Å²) in [6.45, 7) is 5.39. The Kier molecular flexibility index (Phi) is 3.17. The summed E-state index contributed by atoms with van der Waals surface area (Å²) in [6.07, 6.45) is 4.41. The summed E-state index contributed by atoms with van der Waals surface area (Å²) in [4.78, 5) is 2.37. The van der Waals surface area contributed by atoms with Crippen molar-refractivity contribution in [2.45, 2.75) is 32.7 Å². The number of nitrogens with zero attached hydrogens (tertiary/aromatic N) is 3. The maximum atomic E-state index is 4.41. The zero-order valence-corrected chi connectivity index (χ0v) is 10.3. The molecular formula is C11H17N3S. The van der Waals surface area contributed by atoms with Crippen LogP contribution in [0.25, 0.3) is 5.57 Å². The molecule has 0 saturated carbocycles. The van der Waals surface area contributed by atoms with Gasteiger partial charge in [0.1, 0.15) is 5.69 Å². The molecule has 3 nitrogen and oxygen atoms in total. The van der Waals surface area contributed by atoms with E-state index in [0.29, 0.717) is 6.04 Å². The largest absolute Gasteiger partial charge is 0.299 e. The monoisotopic (exact) mass is 223 g/mol. The Labute approximate surface area is 95.1 Å². The van der Waals surface area contributed by atoms with E-state index in [2.05, 4.69) is 40.6 Å². The van der Waals surface area contributed by atoms with Gasteiger partial charge in [0.15, 0.2) is 0 Å². The summed E-state index contributed by atoms with van der Waals surface area (Å²) in [5, 5.41) is 0. The molecule has 0 amide bonds. The topological polar surface area (TPSA) is 29.0 Å². The lowest BCUT2D eigenvalue weighted by Gasteiger charge is -2.29.